The van der Waals surface area contributed by atoms with Crippen molar-refractivity contribution < 1.29 is 19.8 Å². The van der Waals surface area contributed by atoms with Crippen LogP contribution in [0.25, 0.3) is 0 Å². The number of hydrogen-bond acceptors (Lipinski definition) is 4. The molecule has 1 saturated heterocycles. The first-order valence-corrected chi connectivity index (χ1v) is 4.25. The molecule has 2 heterocycles. The fraction of sp³-hybridized carbons (Fsp3) is 0.143. The lowest BCUT2D eigenvalue weighted by Crippen LogP contribution is -2.20. The second-order valence-corrected chi connectivity index (χ2v) is 3.11. The van der Waals surface area contributed by atoms with Crippen molar-refractivity contribution in [3.05, 3.63) is 22.4 Å². The summed E-state index contributed by atoms with van der Waals surface area (Å²) in [7, 11) is 0. The van der Waals surface area contributed by atoms with E-state index in [0.717, 1.165) is 5.56 Å². The van der Waals surface area contributed by atoms with Gasteiger partial charge in [-0.25, -0.2) is 4.79 Å². The molecule has 1 fully saturated rings. The number of cyclic esters (lactones) is 1. The van der Waals surface area contributed by atoms with Crippen molar-refractivity contribution in [1.82, 2.24) is 5.32 Å². The fourth-order valence-electron chi connectivity index (χ4n) is 1.000. The first kappa shape index (κ1) is 9.69. The first-order valence-electron chi connectivity index (χ1n) is 3.31. The molecule has 0 spiro atoms. The van der Waals surface area contributed by atoms with Crippen LogP contribution < -0.4 is 5.32 Å². The van der Waals surface area contributed by atoms with Crippen LogP contribution in [-0.2, 0) is 9.53 Å². The number of rotatable bonds is 1. The van der Waals surface area contributed by atoms with E-state index in [1.165, 1.54) is 11.3 Å². The number of carbonyl (C=O) groups is 2. The van der Waals surface area contributed by atoms with Crippen molar-refractivity contribution in [1.29, 1.82) is 0 Å². The molecule has 0 bridgehead atoms. The van der Waals surface area contributed by atoms with Crippen LogP contribution in [0.5, 0.6) is 0 Å². The molecular weight excluding hydrogens is 194 g/mol. The van der Waals surface area contributed by atoms with Crippen molar-refractivity contribution in [2.45, 2.75) is 6.10 Å². The molecule has 1 aliphatic heterocycles. The Bertz CT molecular complexity index is 321. The van der Waals surface area contributed by atoms with Crippen LogP contribution in [0.3, 0.4) is 0 Å². The maximum Gasteiger partial charge on any atom is 0.415 e. The summed E-state index contributed by atoms with van der Waals surface area (Å²) in [4.78, 5) is 21.6. The maximum absolute atomic E-state index is 11.0. The van der Waals surface area contributed by atoms with Crippen molar-refractivity contribution in [2.75, 3.05) is 0 Å². The summed E-state index contributed by atoms with van der Waals surface area (Å²) in [6, 6.07) is 1.76. The number of amides is 2. The molecule has 2 rings (SSSR count). The van der Waals surface area contributed by atoms with E-state index in [1.807, 2.05) is 5.38 Å². The van der Waals surface area contributed by atoms with Gasteiger partial charge in [-0.3, -0.25) is 10.1 Å². The van der Waals surface area contributed by atoms with E-state index in [2.05, 4.69) is 5.32 Å². The van der Waals surface area contributed by atoms with Crippen molar-refractivity contribution >= 4 is 23.3 Å². The average molecular weight is 201 g/mol. The molecule has 1 aromatic heterocycles. The number of nitrogens with one attached hydrogen (secondary N) is 1. The van der Waals surface area contributed by atoms with E-state index in [4.69, 9.17) is 4.74 Å². The third kappa shape index (κ3) is 1.68. The lowest BCUT2D eigenvalue weighted by atomic mass is 10.2. The Morgan fingerprint density at radius 3 is 2.69 bits per heavy atom. The van der Waals surface area contributed by atoms with Crippen LogP contribution in [0.4, 0.5) is 4.79 Å². The molecular formula is C7H7NO4S. The summed E-state index contributed by atoms with van der Waals surface area (Å²) in [5, 5.41) is 5.67. The molecule has 70 valence electrons. The van der Waals surface area contributed by atoms with E-state index in [9.17, 15) is 9.59 Å². The molecule has 5 nitrogen and oxygen atoms in total. The number of ether oxygens (including phenoxy) is 1. The summed E-state index contributed by atoms with van der Waals surface area (Å²) >= 11 is 1.46. The molecule has 0 aliphatic carbocycles. The molecule has 1 aromatic rings. The highest BCUT2D eigenvalue weighted by Crippen LogP contribution is 2.23. The normalized spacial score (nSPS) is 20.5. The predicted octanol–water partition coefficient (Wildman–Crippen LogP) is 0.231. The van der Waals surface area contributed by atoms with Crippen LogP contribution in [0.2, 0.25) is 0 Å². The van der Waals surface area contributed by atoms with Crippen LogP contribution in [0.1, 0.15) is 11.7 Å². The molecule has 2 amide bonds. The Hall–Kier alpha value is -1.40. The molecule has 1 atom stereocenters. The van der Waals surface area contributed by atoms with Gasteiger partial charge >= 0.3 is 6.09 Å². The minimum Gasteiger partial charge on any atom is -0.431 e. The summed E-state index contributed by atoms with van der Waals surface area (Å²) in [5.41, 5.74) is 0.725. The minimum atomic E-state index is -0.747. The molecule has 6 heteroatoms. The van der Waals surface area contributed by atoms with Gasteiger partial charge < -0.3 is 10.2 Å². The van der Waals surface area contributed by atoms with Gasteiger partial charge in [-0.1, -0.05) is 0 Å². The van der Waals surface area contributed by atoms with E-state index in [1.54, 1.807) is 11.4 Å². The van der Waals surface area contributed by atoms with Gasteiger partial charge in [0.1, 0.15) is 0 Å². The number of carbonyl (C=O) groups excluding carboxylic acids is 2. The molecule has 0 aromatic carbocycles. The lowest BCUT2D eigenvalue weighted by Gasteiger charge is -2.00. The van der Waals surface area contributed by atoms with Crippen LogP contribution >= 0.6 is 11.3 Å². The van der Waals surface area contributed by atoms with Gasteiger partial charge in [0.15, 0.2) is 0 Å². The van der Waals surface area contributed by atoms with Gasteiger partial charge in [0.25, 0.3) is 5.91 Å². The number of thiophene rings is 1. The molecule has 3 N–H and O–H groups in total. The van der Waals surface area contributed by atoms with Gasteiger partial charge in [-0.2, -0.15) is 11.3 Å². The van der Waals surface area contributed by atoms with Gasteiger partial charge in [-0.05, 0) is 16.8 Å². The smallest absolute Gasteiger partial charge is 0.415 e. The largest absolute Gasteiger partial charge is 0.431 e. The second kappa shape index (κ2) is 3.55. The average Bonchev–Trinajstić information content (AvgIpc) is 2.58. The SMILES string of the molecule is O.O=C1NC(=O)C(c2ccsc2)O1. The Kier molecular flexibility index (Phi) is 2.64. The van der Waals surface area contributed by atoms with E-state index in [0.29, 0.717) is 0 Å². The third-order valence-electron chi connectivity index (χ3n) is 1.53. The van der Waals surface area contributed by atoms with E-state index >= 15 is 0 Å². The molecule has 0 saturated carbocycles. The van der Waals surface area contributed by atoms with Gasteiger partial charge in [0.2, 0.25) is 6.10 Å². The van der Waals surface area contributed by atoms with E-state index < -0.39 is 18.1 Å². The van der Waals surface area contributed by atoms with Crippen LogP contribution in [0, 0.1) is 0 Å². The number of hydrogen-bond donors (Lipinski definition) is 1. The van der Waals surface area contributed by atoms with E-state index in [-0.39, 0.29) is 5.48 Å². The Balaban J connectivity index is 0.000000845. The Morgan fingerprint density at radius 2 is 2.23 bits per heavy atom. The maximum atomic E-state index is 11.0. The predicted molar refractivity (Wildman–Crippen MR) is 45.3 cm³/mol. The Morgan fingerprint density at radius 1 is 1.46 bits per heavy atom. The zero-order valence-corrected chi connectivity index (χ0v) is 7.26. The van der Waals surface area contributed by atoms with Gasteiger partial charge in [0.05, 0.1) is 0 Å². The zero-order valence-electron chi connectivity index (χ0n) is 6.44. The molecule has 1 aliphatic rings. The molecule has 0 radical (unpaired) electrons. The van der Waals surface area contributed by atoms with Crippen molar-refractivity contribution in [3.63, 3.8) is 0 Å². The minimum absolute atomic E-state index is 0. The topological polar surface area (TPSA) is 86.9 Å². The second-order valence-electron chi connectivity index (χ2n) is 2.33. The number of imide groups is 1. The van der Waals surface area contributed by atoms with Crippen LogP contribution in [0.15, 0.2) is 16.8 Å². The summed E-state index contributed by atoms with van der Waals surface area (Å²) in [5.74, 6) is -0.390. The highest BCUT2D eigenvalue weighted by atomic mass is 32.1. The summed E-state index contributed by atoms with van der Waals surface area (Å²) < 4.78 is 4.73. The molecule has 13 heavy (non-hydrogen) atoms. The standard InChI is InChI=1S/C7H5NO3S.H2O/c9-6-5(11-7(10)8-6)4-1-2-12-3-4;/h1-3,5H,(H,8,9,10);1H2. The van der Waals surface area contributed by atoms with Crippen molar-refractivity contribution in [3.8, 4) is 0 Å². The quantitative estimate of drug-likeness (QED) is 0.705. The lowest BCUT2D eigenvalue weighted by molar-refractivity contribution is -0.123. The zero-order chi connectivity index (χ0) is 8.55. The van der Waals surface area contributed by atoms with Gasteiger partial charge in [0, 0.05) is 5.56 Å². The van der Waals surface area contributed by atoms with Gasteiger partial charge in [-0.15, -0.1) is 0 Å². The molecule has 1 unspecified atom stereocenters. The highest BCUT2D eigenvalue weighted by Gasteiger charge is 2.33. The number of alkyl carbamates (subject to hydrolysis) is 1. The Labute approximate surface area is 77.6 Å². The van der Waals surface area contributed by atoms with Crippen LogP contribution in [-0.4, -0.2) is 17.5 Å². The fourth-order valence-corrected chi connectivity index (χ4v) is 1.67. The monoisotopic (exact) mass is 201 g/mol. The van der Waals surface area contributed by atoms with Crippen molar-refractivity contribution in [2.24, 2.45) is 0 Å². The first-order chi connectivity index (χ1) is 5.77. The summed E-state index contributed by atoms with van der Waals surface area (Å²) in [6.45, 7) is 0. The summed E-state index contributed by atoms with van der Waals surface area (Å²) in [6.07, 6.45) is -1.42. The highest BCUT2D eigenvalue weighted by molar-refractivity contribution is 7.08. The third-order valence-corrected chi connectivity index (χ3v) is 2.24.